The number of amides is 1. The Hall–Kier alpha value is -4.67. The second-order valence-electron chi connectivity index (χ2n) is 17.6. The van der Waals surface area contributed by atoms with Gasteiger partial charge in [0.25, 0.3) is 0 Å². The number of Topliss-reactive ketones (excluding diaryl/α,β-unsaturated/α-hetero) is 1. The summed E-state index contributed by atoms with van der Waals surface area (Å²) in [6.07, 6.45) is -11.5. The molecule has 1 aliphatic heterocycles. The van der Waals surface area contributed by atoms with Crippen LogP contribution in [0.5, 0.6) is 0 Å². The smallest absolute Gasteiger partial charge is 0.408 e. The number of aliphatic hydroxyl groups is 4. The summed E-state index contributed by atoms with van der Waals surface area (Å²) >= 11 is 0. The van der Waals surface area contributed by atoms with Crippen molar-refractivity contribution >= 4 is 29.8 Å². The van der Waals surface area contributed by atoms with Gasteiger partial charge in [-0.2, -0.15) is 0 Å². The molecule has 3 aliphatic carbocycles. The van der Waals surface area contributed by atoms with E-state index in [0.29, 0.717) is 5.56 Å². The van der Waals surface area contributed by atoms with Gasteiger partial charge in [-0.3, -0.25) is 9.59 Å². The van der Waals surface area contributed by atoms with Crippen molar-refractivity contribution in [3.8, 4) is 0 Å². The molecule has 0 radical (unpaired) electrons. The second-order valence-corrected chi connectivity index (χ2v) is 17.6. The fourth-order valence-electron chi connectivity index (χ4n) is 9.56. The van der Waals surface area contributed by atoms with Gasteiger partial charge in [0.2, 0.25) is 0 Å². The molecule has 314 valence electrons. The quantitative estimate of drug-likeness (QED) is 0.147. The van der Waals surface area contributed by atoms with Crippen LogP contribution < -0.4 is 5.32 Å². The molecule has 1 saturated heterocycles. The van der Waals surface area contributed by atoms with Gasteiger partial charge in [-0.15, -0.1) is 0 Å². The normalized spacial score (nSPS) is 33.7. The highest BCUT2D eigenvalue weighted by atomic mass is 16.6. The zero-order valence-electron chi connectivity index (χ0n) is 33.9. The van der Waals surface area contributed by atoms with Crippen molar-refractivity contribution < 1.29 is 68.1 Å². The van der Waals surface area contributed by atoms with Gasteiger partial charge in [-0.25, -0.2) is 14.4 Å². The zero-order chi connectivity index (χ0) is 42.7. The number of carbonyl (C=O) groups is 5. The first-order valence-electron chi connectivity index (χ1n) is 19.3. The molecular formula is C43H53NO14. The van der Waals surface area contributed by atoms with Crippen molar-refractivity contribution in [2.24, 2.45) is 16.7 Å². The Balaban J connectivity index is 1.49. The molecule has 6 rings (SSSR count). The first kappa shape index (κ1) is 42.9. The maximum Gasteiger partial charge on any atom is 0.408 e. The minimum Gasteiger partial charge on any atom is -0.456 e. The highest BCUT2D eigenvalue weighted by Crippen LogP contribution is 2.64. The summed E-state index contributed by atoms with van der Waals surface area (Å²) < 4.78 is 29.5. The van der Waals surface area contributed by atoms with Crippen LogP contribution in [0.1, 0.15) is 90.2 Å². The predicted octanol–water partition coefficient (Wildman–Crippen LogP) is 3.26. The van der Waals surface area contributed by atoms with Crippen LogP contribution in [0, 0.1) is 16.7 Å². The maximum atomic E-state index is 14.9. The molecule has 2 saturated carbocycles. The lowest BCUT2D eigenvalue weighted by molar-refractivity contribution is -0.346. The summed E-state index contributed by atoms with van der Waals surface area (Å²) in [5.41, 5.74) is -8.14. The second kappa shape index (κ2) is 15.2. The van der Waals surface area contributed by atoms with E-state index < -0.39 is 112 Å². The number of alkyl carbamates (subject to hydrolysis) is 1. The van der Waals surface area contributed by atoms with E-state index in [1.54, 1.807) is 83.1 Å². The molecule has 15 nitrogen and oxygen atoms in total. The van der Waals surface area contributed by atoms with Crippen molar-refractivity contribution in [2.75, 3.05) is 6.61 Å². The number of fused-ring (bicyclic) bond motifs is 5. The molecule has 0 unspecified atom stereocenters. The van der Waals surface area contributed by atoms with E-state index in [-0.39, 0.29) is 29.7 Å². The van der Waals surface area contributed by atoms with Crippen LogP contribution in [0.15, 0.2) is 71.8 Å². The zero-order valence-corrected chi connectivity index (χ0v) is 33.9. The number of esters is 3. The van der Waals surface area contributed by atoms with Gasteiger partial charge in [0.15, 0.2) is 17.5 Å². The third-order valence-electron chi connectivity index (χ3n) is 12.6. The number of ether oxygens (including phenoxy) is 5. The van der Waals surface area contributed by atoms with E-state index in [9.17, 15) is 44.4 Å². The Kier molecular flexibility index (Phi) is 11.2. The van der Waals surface area contributed by atoms with Gasteiger partial charge in [0, 0.05) is 25.2 Å². The van der Waals surface area contributed by atoms with Crippen molar-refractivity contribution in [1.29, 1.82) is 0 Å². The third-order valence-corrected chi connectivity index (χ3v) is 12.6. The summed E-state index contributed by atoms with van der Waals surface area (Å²) in [4.78, 5) is 68.9. The van der Waals surface area contributed by atoms with Crippen LogP contribution in [0.25, 0.3) is 0 Å². The minimum atomic E-state index is -2.35. The molecule has 58 heavy (non-hydrogen) atoms. The fraction of sp³-hybridized carbons (Fsp3) is 0.558. The number of nitrogens with one attached hydrogen (secondary N) is 1. The molecular weight excluding hydrogens is 754 g/mol. The van der Waals surface area contributed by atoms with Crippen LogP contribution >= 0.6 is 0 Å². The van der Waals surface area contributed by atoms with Gasteiger partial charge in [-0.1, -0.05) is 62.4 Å². The van der Waals surface area contributed by atoms with Crippen molar-refractivity contribution in [2.45, 2.75) is 128 Å². The molecule has 1 heterocycles. The number of hydrogen-bond donors (Lipinski definition) is 5. The first-order valence-corrected chi connectivity index (χ1v) is 19.3. The molecule has 1 amide bonds. The number of hydrogen-bond acceptors (Lipinski definition) is 14. The van der Waals surface area contributed by atoms with Crippen molar-refractivity contribution in [3.05, 3.63) is 82.9 Å². The van der Waals surface area contributed by atoms with Crippen molar-refractivity contribution in [3.63, 3.8) is 0 Å². The molecule has 5 N–H and O–H groups in total. The van der Waals surface area contributed by atoms with Crippen LogP contribution in [-0.4, -0.2) is 110 Å². The average Bonchev–Trinajstić information content (AvgIpc) is 3.14. The number of aliphatic hydroxyl groups excluding tert-OH is 3. The summed E-state index contributed by atoms with van der Waals surface area (Å²) in [5.74, 6) is -5.36. The standard InChI is InChI=1S/C43H53NO14/c1-22-26(55-37(51)32(48)30(24-15-11-9-12-16-24)44-38(52)58-39(3,4)5)20-43(53)35(56-36(50)25-17-13-10-14-18-25)33-41(8,34(49)31(47)29(22)40(43,6)7)27(46)19-28-42(33,21-54-28)57-23(2)45/h9-18,26-28,30-33,35,46-48,53H,19-21H2,1-8H3,(H,44,52)/t26-,27+,28-,30+,31-,32-,33+,35-,41-,42+,43-/m1/s1. The number of carbonyl (C=O) groups excluding carboxylic acids is 5. The lowest BCUT2D eigenvalue weighted by Crippen LogP contribution is -2.81. The largest absolute Gasteiger partial charge is 0.456 e. The number of benzene rings is 2. The van der Waals surface area contributed by atoms with E-state index in [0.717, 1.165) is 6.92 Å². The van der Waals surface area contributed by atoms with Gasteiger partial charge < -0.3 is 49.4 Å². The van der Waals surface area contributed by atoms with E-state index >= 15 is 0 Å². The van der Waals surface area contributed by atoms with E-state index in [2.05, 4.69) is 5.32 Å². The fourth-order valence-corrected chi connectivity index (χ4v) is 9.56. The molecule has 0 spiro atoms. The summed E-state index contributed by atoms with van der Waals surface area (Å²) in [7, 11) is 0. The van der Waals surface area contributed by atoms with Crippen molar-refractivity contribution in [1.82, 2.24) is 5.32 Å². The summed E-state index contributed by atoms with van der Waals surface area (Å²) in [6, 6.07) is 14.6. The lowest BCUT2D eigenvalue weighted by Gasteiger charge is -2.67. The first-order chi connectivity index (χ1) is 27.0. The molecule has 11 atom stereocenters. The molecule has 2 aromatic carbocycles. The number of ketones is 1. The molecule has 4 aliphatic rings. The Morgan fingerprint density at radius 3 is 2.10 bits per heavy atom. The highest BCUT2D eigenvalue weighted by molar-refractivity contribution is 5.94. The third kappa shape index (κ3) is 7.10. The molecule has 2 bridgehead atoms. The summed E-state index contributed by atoms with van der Waals surface area (Å²) in [5, 5.41) is 51.6. The highest BCUT2D eigenvalue weighted by Gasteiger charge is 2.78. The Bertz CT molecular complexity index is 1980. The monoisotopic (exact) mass is 807 g/mol. The Labute approximate surface area is 336 Å². The van der Waals surface area contributed by atoms with Gasteiger partial charge in [0.05, 0.1) is 35.6 Å². The van der Waals surface area contributed by atoms with Gasteiger partial charge in [-0.05, 0) is 63.5 Å². The Morgan fingerprint density at radius 2 is 1.55 bits per heavy atom. The Morgan fingerprint density at radius 1 is 0.948 bits per heavy atom. The SMILES string of the molecule is CC(=O)O[C@@]12CO[C@@H]1C[C@H](O)[C@@]1(C)C(=O)[C@H](O)C3=C(C)[C@H](OC(=O)[C@H](O)[C@@H](NC(=O)OC(C)(C)C)c4ccccc4)C[C@@](O)([C@H](OC(=O)c4ccccc4)[C@H]21)C3(C)C. The average molecular weight is 808 g/mol. The van der Waals surface area contributed by atoms with Gasteiger partial charge >= 0.3 is 24.0 Å². The van der Waals surface area contributed by atoms with E-state index in [4.69, 9.17) is 23.7 Å². The molecule has 3 fully saturated rings. The van der Waals surface area contributed by atoms with Crippen LogP contribution in [0.3, 0.4) is 0 Å². The molecule has 0 aromatic heterocycles. The van der Waals surface area contributed by atoms with Crippen LogP contribution in [0.2, 0.25) is 0 Å². The van der Waals surface area contributed by atoms with Crippen LogP contribution in [0.4, 0.5) is 4.79 Å². The van der Waals surface area contributed by atoms with E-state index in [1.165, 1.54) is 26.0 Å². The molecule has 15 heteroatoms. The predicted molar refractivity (Wildman–Crippen MR) is 204 cm³/mol. The van der Waals surface area contributed by atoms with Crippen LogP contribution in [-0.2, 0) is 38.1 Å². The topological polar surface area (TPSA) is 224 Å². The maximum absolute atomic E-state index is 14.9. The summed E-state index contributed by atoms with van der Waals surface area (Å²) in [6.45, 7) is 11.8. The van der Waals surface area contributed by atoms with Gasteiger partial charge in [0.1, 0.15) is 35.6 Å². The van der Waals surface area contributed by atoms with E-state index in [1.807, 2.05) is 0 Å². The number of rotatable bonds is 8. The molecule has 2 aromatic rings. The minimum absolute atomic E-state index is 0.0637. The lowest BCUT2D eigenvalue weighted by atomic mass is 9.44.